The molecule has 0 saturated carbocycles. The van der Waals surface area contributed by atoms with E-state index in [4.69, 9.17) is 5.73 Å². The molecular formula is C21H29N5O7. The van der Waals surface area contributed by atoms with Gasteiger partial charge >= 0.3 is 5.97 Å². The zero-order valence-corrected chi connectivity index (χ0v) is 18.0. The topological polar surface area (TPSA) is 200 Å². The maximum absolute atomic E-state index is 12.5. The van der Waals surface area contributed by atoms with Crippen molar-refractivity contribution in [2.24, 2.45) is 5.73 Å². The molecule has 1 aliphatic rings. The van der Waals surface area contributed by atoms with Crippen molar-refractivity contribution in [2.75, 3.05) is 13.1 Å². The van der Waals surface area contributed by atoms with E-state index in [1.54, 1.807) is 0 Å². The largest absolute Gasteiger partial charge is 0.508 e. The molecule has 0 aliphatic carbocycles. The fraction of sp³-hybridized carbons (Fsp3) is 0.476. The third kappa shape index (κ3) is 8.77. The van der Waals surface area contributed by atoms with Gasteiger partial charge in [0.05, 0.1) is 12.6 Å². The molecule has 0 aromatic heterocycles. The van der Waals surface area contributed by atoms with Gasteiger partial charge in [-0.05, 0) is 43.5 Å². The predicted molar refractivity (Wildman–Crippen MR) is 116 cm³/mol. The molecule has 33 heavy (non-hydrogen) atoms. The van der Waals surface area contributed by atoms with Crippen LogP contribution in [0.4, 0.5) is 0 Å². The lowest BCUT2D eigenvalue weighted by Gasteiger charge is -2.20. The third-order valence-corrected chi connectivity index (χ3v) is 5.12. The second kappa shape index (κ2) is 12.4. The second-order valence-corrected chi connectivity index (χ2v) is 7.76. The summed E-state index contributed by atoms with van der Waals surface area (Å²) in [6.07, 6.45) is 1.23. The van der Waals surface area contributed by atoms with Gasteiger partial charge in [0.2, 0.25) is 23.6 Å². The van der Waals surface area contributed by atoms with Crippen molar-refractivity contribution >= 4 is 29.6 Å². The number of amides is 4. The standard InChI is InChI=1S/C21H29N5O7/c22-17(28)8-7-15(26-20(31)14-2-1-9-23-14)19(30)24-11-18(29)25-16(21(32)33)10-12-3-5-13(27)6-4-12/h3-6,14-16,23,27H,1-2,7-11H2,(H2,22,28)(H,24,30)(H,25,29)(H,26,31)(H,32,33). The van der Waals surface area contributed by atoms with Gasteiger partial charge in [-0.3, -0.25) is 19.2 Å². The van der Waals surface area contributed by atoms with E-state index in [0.29, 0.717) is 18.5 Å². The van der Waals surface area contributed by atoms with Gasteiger partial charge in [0.1, 0.15) is 17.8 Å². The fourth-order valence-corrected chi connectivity index (χ4v) is 3.34. The van der Waals surface area contributed by atoms with Gasteiger partial charge in [-0.2, -0.15) is 0 Å². The Morgan fingerprint density at radius 1 is 1.09 bits per heavy atom. The summed E-state index contributed by atoms with van der Waals surface area (Å²) in [6.45, 7) is 0.161. The Morgan fingerprint density at radius 3 is 2.36 bits per heavy atom. The van der Waals surface area contributed by atoms with Crippen LogP contribution in [0.3, 0.4) is 0 Å². The summed E-state index contributed by atoms with van der Waals surface area (Å²) < 4.78 is 0. The monoisotopic (exact) mass is 463 g/mol. The minimum absolute atomic E-state index is 0.0268. The van der Waals surface area contributed by atoms with E-state index >= 15 is 0 Å². The maximum Gasteiger partial charge on any atom is 0.326 e. The van der Waals surface area contributed by atoms with Crippen molar-refractivity contribution in [1.29, 1.82) is 0 Å². The van der Waals surface area contributed by atoms with Gasteiger partial charge in [0.15, 0.2) is 0 Å². The first kappa shape index (κ1) is 25.6. The van der Waals surface area contributed by atoms with Crippen LogP contribution < -0.4 is 27.0 Å². The number of benzene rings is 1. The lowest BCUT2D eigenvalue weighted by Crippen LogP contribution is -2.53. The van der Waals surface area contributed by atoms with Gasteiger partial charge in [0, 0.05) is 12.8 Å². The van der Waals surface area contributed by atoms with Gasteiger partial charge in [-0.15, -0.1) is 0 Å². The SMILES string of the molecule is NC(=O)CCC(NC(=O)C1CCCN1)C(=O)NCC(=O)NC(Cc1ccc(O)cc1)C(=O)O. The first-order chi connectivity index (χ1) is 15.7. The van der Waals surface area contributed by atoms with Crippen LogP contribution in [0.1, 0.15) is 31.2 Å². The van der Waals surface area contributed by atoms with Crippen LogP contribution in [-0.2, 0) is 30.4 Å². The van der Waals surface area contributed by atoms with E-state index in [2.05, 4.69) is 21.3 Å². The van der Waals surface area contributed by atoms with E-state index < -0.39 is 48.4 Å². The molecule has 8 N–H and O–H groups in total. The number of carbonyl (C=O) groups excluding carboxylic acids is 4. The molecule has 1 saturated heterocycles. The number of carbonyl (C=O) groups is 5. The summed E-state index contributed by atoms with van der Waals surface area (Å²) in [5.74, 6) is -3.70. The average Bonchev–Trinajstić information content (AvgIpc) is 3.30. The molecule has 1 heterocycles. The zero-order valence-electron chi connectivity index (χ0n) is 18.0. The number of nitrogens with two attached hydrogens (primary N) is 1. The molecule has 3 unspecified atom stereocenters. The molecule has 1 fully saturated rings. The number of aromatic hydroxyl groups is 1. The lowest BCUT2D eigenvalue weighted by molar-refractivity contribution is -0.141. The molecule has 0 bridgehead atoms. The van der Waals surface area contributed by atoms with Crippen molar-refractivity contribution in [3.8, 4) is 5.75 Å². The van der Waals surface area contributed by atoms with Gasteiger partial charge in [-0.1, -0.05) is 12.1 Å². The Hall–Kier alpha value is -3.67. The predicted octanol–water partition coefficient (Wildman–Crippen LogP) is -1.88. The summed E-state index contributed by atoms with van der Waals surface area (Å²) in [4.78, 5) is 59.7. The number of phenols is 1. The van der Waals surface area contributed by atoms with Gasteiger partial charge in [-0.25, -0.2) is 4.79 Å². The molecule has 1 aliphatic heterocycles. The number of aliphatic carboxylic acids is 1. The fourth-order valence-electron chi connectivity index (χ4n) is 3.34. The van der Waals surface area contributed by atoms with Crippen LogP contribution in [0.5, 0.6) is 5.75 Å². The minimum atomic E-state index is -1.27. The molecular weight excluding hydrogens is 434 g/mol. The van der Waals surface area contributed by atoms with Crippen LogP contribution >= 0.6 is 0 Å². The van der Waals surface area contributed by atoms with Crippen LogP contribution in [-0.4, -0.2) is 71.0 Å². The lowest BCUT2D eigenvalue weighted by atomic mass is 10.1. The van der Waals surface area contributed by atoms with Crippen molar-refractivity contribution in [3.05, 3.63) is 29.8 Å². The quantitative estimate of drug-likeness (QED) is 0.187. The molecule has 3 atom stereocenters. The maximum atomic E-state index is 12.5. The van der Waals surface area contributed by atoms with Crippen LogP contribution in [0, 0.1) is 0 Å². The molecule has 1 aromatic rings. The number of carboxylic acids is 1. The second-order valence-electron chi connectivity index (χ2n) is 7.76. The normalized spacial score (nSPS) is 16.9. The number of rotatable bonds is 12. The number of hydrogen-bond donors (Lipinski definition) is 7. The third-order valence-electron chi connectivity index (χ3n) is 5.12. The molecule has 2 rings (SSSR count). The number of carboxylic acid groups (broad SMARTS) is 1. The van der Waals surface area contributed by atoms with Crippen molar-refractivity contribution in [2.45, 2.75) is 50.2 Å². The smallest absolute Gasteiger partial charge is 0.326 e. The molecule has 1 aromatic carbocycles. The summed E-state index contributed by atoms with van der Waals surface area (Å²) in [5.41, 5.74) is 5.72. The summed E-state index contributed by atoms with van der Waals surface area (Å²) >= 11 is 0. The van der Waals surface area contributed by atoms with Gasteiger partial charge in [0.25, 0.3) is 0 Å². The molecule has 12 heteroatoms. The van der Waals surface area contributed by atoms with Crippen LogP contribution in [0.2, 0.25) is 0 Å². The van der Waals surface area contributed by atoms with Crippen molar-refractivity contribution in [1.82, 2.24) is 21.3 Å². The number of nitrogens with one attached hydrogen (secondary N) is 4. The van der Waals surface area contributed by atoms with Crippen LogP contribution in [0.25, 0.3) is 0 Å². The molecule has 12 nitrogen and oxygen atoms in total. The molecule has 0 spiro atoms. The van der Waals surface area contributed by atoms with Gasteiger partial charge < -0.3 is 37.2 Å². The number of primary amides is 1. The number of hydrogen-bond acceptors (Lipinski definition) is 7. The van der Waals surface area contributed by atoms with Crippen molar-refractivity contribution in [3.63, 3.8) is 0 Å². The van der Waals surface area contributed by atoms with E-state index in [0.717, 1.165) is 6.42 Å². The van der Waals surface area contributed by atoms with Crippen molar-refractivity contribution < 1.29 is 34.2 Å². The molecule has 180 valence electrons. The molecule has 4 amide bonds. The minimum Gasteiger partial charge on any atom is -0.508 e. The summed E-state index contributed by atoms with van der Waals surface area (Å²) in [7, 11) is 0. The van der Waals surface area contributed by atoms with Crippen LogP contribution in [0.15, 0.2) is 24.3 Å². The van der Waals surface area contributed by atoms with E-state index in [1.807, 2.05) is 0 Å². The summed E-state index contributed by atoms with van der Waals surface area (Å²) in [5, 5.41) is 28.9. The Labute approximate surface area is 190 Å². The zero-order chi connectivity index (χ0) is 24.4. The van der Waals surface area contributed by atoms with E-state index in [-0.39, 0.29) is 30.9 Å². The summed E-state index contributed by atoms with van der Waals surface area (Å²) in [6, 6.07) is 3.10. The molecule has 0 radical (unpaired) electrons. The average molecular weight is 463 g/mol. The number of phenolic OH excluding ortho intramolecular Hbond substituents is 1. The highest BCUT2D eigenvalue weighted by atomic mass is 16.4. The Balaban J connectivity index is 1.90. The first-order valence-corrected chi connectivity index (χ1v) is 10.6. The Bertz CT molecular complexity index is 868. The highest BCUT2D eigenvalue weighted by Gasteiger charge is 2.28. The highest BCUT2D eigenvalue weighted by Crippen LogP contribution is 2.11. The first-order valence-electron chi connectivity index (χ1n) is 10.6. The highest BCUT2D eigenvalue weighted by molar-refractivity contribution is 5.93. The Morgan fingerprint density at radius 2 is 1.79 bits per heavy atom. The Kier molecular flexibility index (Phi) is 9.61. The van der Waals surface area contributed by atoms with E-state index in [1.165, 1.54) is 24.3 Å². The van der Waals surface area contributed by atoms with E-state index in [9.17, 15) is 34.2 Å².